The van der Waals surface area contributed by atoms with Crippen LogP contribution in [0.15, 0.2) is 0 Å². The lowest BCUT2D eigenvalue weighted by Gasteiger charge is -2.18. The van der Waals surface area contributed by atoms with Crippen molar-refractivity contribution in [3.05, 3.63) is 0 Å². The molecule has 0 unspecified atom stereocenters. The first-order valence-electron chi connectivity index (χ1n) is 4.46. The third-order valence-electron chi connectivity index (χ3n) is 2.20. The Morgan fingerprint density at radius 3 is 2.64 bits per heavy atom. The van der Waals surface area contributed by atoms with Gasteiger partial charge in [0.2, 0.25) is 5.91 Å². The van der Waals surface area contributed by atoms with E-state index in [1.807, 2.05) is 0 Å². The van der Waals surface area contributed by atoms with Crippen molar-refractivity contribution in [1.82, 2.24) is 10.2 Å². The molecular weight excluding hydrogens is 182 g/mol. The van der Waals surface area contributed by atoms with E-state index in [4.69, 9.17) is 5.26 Å². The van der Waals surface area contributed by atoms with Crippen molar-refractivity contribution >= 4 is 11.9 Å². The second kappa shape index (κ2) is 3.66. The first-order valence-corrected chi connectivity index (χ1v) is 4.46. The molecule has 0 saturated carbocycles. The van der Waals surface area contributed by atoms with Gasteiger partial charge in [0.25, 0.3) is 0 Å². The van der Waals surface area contributed by atoms with Gasteiger partial charge in [0.1, 0.15) is 0 Å². The number of amides is 3. The van der Waals surface area contributed by atoms with Gasteiger partial charge in [-0.3, -0.25) is 9.69 Å². The van der Waals surface area contributed by atoms with Crippen molar-refractivity contribution in [1.29, 1.82) is 5.26 Å². The maximum Gasteiger partial charge on any atom is 0.324 e. The van der Waals surface area contributed by atoms with Crippen molar-refractivity contribution in [3.63, 3.8) is 0 Å². The van der Waals surface area contributed by atoms with E-state index in [9.17, 15) is 9.59 Å². The van der Waals surface area contributed by atoms with E-state index in [-0.39, 0.29) is 18.5 Å². The van der Waals surface area contributed by atoms with Gasteiger partial charge in [-0.1, -0.05) is 0 Å². The van der Waals surface area contributed by atoms with Gasteiger partial charge in [-0.15, -0.1) is 0 Å². The summed E-state index contributed by atoms with van der Waals surface area (Å²) < 4.78 is 0. The highest BCUT2D eigenvalue weighted by molar-refractivity contribution is 6.01. The van der Waals surface area contributed by atoms with Crippen LogP contribution in [0.5, 0.6) is 0 Å². The molecule has 1 saturated heterocycles. The van der Waals surface area contributed by atoms with Crippen molar-refractivity contribution < 1.29 is 9.59 Å². The molecule has 5 heteroatoms. The molecule has 0 aliphatic carbocycles. The quantitative estimate of drug-likeness (QED) is 0.665. The minimum Gasteiger partial charge on any atom is -0.329 e. The maximum atomic E-state index is 11.1. The van der Waals surface area contributed by atoms with Crippen LogP contribution in [0.4, 0.5) is 4.79 Å². The van der Waals surface area contributed by atoms with Crippen LogP contribution >= 0.6 is 0 Å². The Labute approximate surface area is 82.7 Å². The number of imide groups is 1. The van der Waals surface area contributed by atoms with Crippen LogP contribution < -0.4 is 5.32 Å². The van der Waals surface area contributed by atoms with Gasteiger partial charge in [-0.2, -0.15) is 5.26 Å². The van der Waals surface area contributed by atoms with Crippen molar-refractivity contribution in [2.75, 3.05) is 13.1 Å². The Bertz CT molecular complexity index is 288. The highest BCUT2D eigenvalue weighted by Gasteiger charge is 2.30. The zero-order chi connectivity index (χ0) is 10.8. The number of nitrogens with one attached hydrogen (secondary N) is 1. The van der Waals surface area contributed by atoms with Gasteiger partial charge in [-0.25, -0.2) is 4.79 Å². The number of hydrogen-bond acceptors (Lipinski definition) is 3. The molecule has 1 fully saturated rings. The Kier molecular flexibility index (Phi) is 2.75. The topological polar surface area (TPSA) is 73.2 Å². The number of hydrogen-bond donors (Lipinski definition) is 1. The molecule has 0 atom stereocenters. The summed E-state index contributed by atoms with van der Waals surface area (Å²) in [5, 5.41) is 11.2. The lowest BCUT2D eigenvalue weighted by atomic mass is 9.91. The Hall–Kier alpha value is -1.57. The lowest BCUT2D eigenvalue weighted by Crippen LogP contribution is -2.33. The molecule has 1 aliphatic rings. The van der Waals surface area contributed by atoms with Gasteiger partial charge in [-0.05, 0) is 20.3 Å². The largest absolute Gasteiger partial charge is 0.329 e. The summed E-state index contributed by atoms with van der Waals surface area (Å²) in [6.07, 6.45) is 0.503. The van der Waals surface area contributed by atoms with Crippen LogP contribution in [0.3, 0.4) is 0 Å². The Morgan fingerprint density at radius 2 is 2.21 bits per heavy atom. The van der Waals surface area contributed by atoms with E-state index in [0.29, 0.717) is 13.0 Å². The summed E-state index contributed by atoms with van der Waals surface area (Å²) in [5.74, 6) is -0.219. The van der Waals surface area contributed by atoms with E-state index >= 15 is 0 Å². The molecule has 0 aromatic carbocycles. The number of rotatable bonds is 3. The fourth-order valence-electron chi connectivity index (χ4n) is 1.13. The molecule has 0 aromatic heterocycles. The molecule has 0 bridgehead atoms. The third-order valence-corrected chi connectivity index (χ3v) is 2.20. The van der Waals surface area contributed by atoms with Crippen LogP contribution in [0.25, 0.3) is 0 Å². The van der Waals surface area contributed by atoms with Gasteiger partial charge in [0.15, 0.2) is 0 Å². The fourth-order valence-corrected chi connectivity index (χ4v) is 1.13. The summed E-state index contributed by atoms with van der Waals surface area (Å²) in [6, 6.07) is 1.77. The monoisotopic (exact) mass is 195 g/mol. The lowest BCUT2D eigenvalue weighted by molar-refractivity contribution is -0.125. The van der Waals surface area contributed by atoms with Crippen LogP contribution in [0.2, 0.25) is 0 Å². The Balaban J connectivity index is 2.50. The van der Waals surface area contributed by atoms with E-state index in [2.05, 4.69) is 11.4 Å². The van der Waals surface area contributed by atoms with Crippen LogP contribution in [0, 0.1) is 16.7 Å². The molecule has 5 nitrogen and oxygen atoms in total. The highest BCUT2D eigenvalue weighted by Crippen LogP contribution is 2.19. The fraction of sp³-hybridized carbons (Fsp3) is 0.667. The average Bonchev–Trinajstić information content (AvgIpc) is 2.44. The molecule has 0 spiro atoms. The summed E-state index contributed by atoms with van der Waals surface area (Å²) in [5.41, 5.74) is -0.497. The second-order valence-corrected chi connectivity index (χ2v) is 3.95. The smallest absolute Gasteiger partial charge is 0.324 e. The summed E-state index contributed by atoms with van der Waals surface area (Å²) in [4.78, 5) is 23.4. The van der Waals surface area contributed by atoms with Gasteiger partial charge >= 0.3 is 6.03 Å². The molecule has 0 radical (unpaired) electrons. The molecule has 1 heterocycles. The van der Waals surface area contributed by atoms with Crippen molar-refractivity contribution in [3.8, 4) is 6.07 Å². The minimum absolute atomic E-state index is 0.0752. The molecule has 1 N–H and O–H groups in total. The molecule has 1 rings (SSSR count). The number of carbonyl (C=O) groups excluding carboxylic acids is 2. The molecule has 76 valence electrons. The number of nitrogens with zero attached hydrogens (tertiary/aromatic N) is 2. The van der Waals surface area contributed by atoms with Crippen molar-refractivity contribution in [2.24, 2.45) is 5.41 Å². The van der Waals surface area contributed by atoms with Crippen LogP contribution in [-0.4, -0.2) is 29.9 Å². The number of urea groups is 1. The van der Waals surface area contributed by atoms with Gasteiger partial charge in [0.05, 0.1) is 18.0 Å². The third kappa shape index (κ3) is 2.22. The highest BCUT2D eigenvalue weighted by atomic mass is 16.2. The van der Waals surface area contributed by atoms with Crippen LogP contribution in [0.1, 0.15) is 20.3 Å². The minimum atomic E-state index is -0.497. The van der Waals surface area contributed by atoms with Gasteiger partial charge in [0, 0.05) is 6.54 Å². The summed E-state index contributed by atoms with van der Waals surface area (Å²) in [7, 11) is 0. The predicted molar refractivity (Wildman–Crippen MR) is 49.1 cm³/mol. The van der Waals surface area contributed by atoms with Crippen molar-refractivity contribution in [2.45, 2.75) is 20.3 Å². The maximum absolute atomic E-state index is 11.1. The van der Waals surface area contributed by atoms with E-state index in [0.717, 1.165) is 4.90 Å². The first-order chi connectivity index (χ1) is 6.46. The number of nitriles is 1. The standard InChI is InChI=1S/C9H13N3O2/c1-9(2,6-10)3-4-12-7(13)5-11-8(12)14/h3-5H2,1-2H3,(H,11,14). The SMILES string of the molecule is CC(C)(C#N)CCN1C(=O)CNC1=O. The van der Waals surface area contributed by atoms with Gasteiger partial charge < -0.3 is 5.32 Å². The normalized spacial score (nSPS) is 16.8. The van der Waals surface area contributed by atoms with E-state index in [1.54, 1.807) is 13.8 Å². The summed E-state index contributed by atoms with van der Waals surface area (Å²) >= 11 is 0. The van der Waals surface area contributed by atoms with Crippen LogP contribution in [-0.2, 0) is 4.79 Å². The molecular formula is C9H13N3O2. The van der Waals surface area contributed by atoms with E-state index < -0.39 is 5.41 Å². The molecule has 0 aromatic rings. The zero-order valence-electron chi connectivity index (χ0n) is 8.33. The van der Waals surface area contributed by atoms with E-state index in [1.165, 1.54) is 0 Å². The average molecular weight is 195 g/mol. The summed E-state index contributed by atoms with van der Waals surface area (Å²) in [6.45, 7) is 3.95. The number of carbonyl (C=O) groups is 2. The first kappa shape index (κ1) is 10.5. The Morgan fingerprint density at radius 1 is 1.57 bits per heavy atom. The second-order valence-electron chi connectivity index (χ2n) is 3.95. The molecule has 1 aliphatic heterocycles. The zero-order valence-corrected chi connectivity index (χ0v) is 8.33. The molecule has 3 amide bonds. The molecule has 14 heavy (non-hydrogen) atoms. The predicted octanol–water partition coefficient (Wildman–Crippen LogP) is 0.478.